The number of hydrogen-bond donors (Lipinski definition) is 2. The molecule has 0 fully saturated rings. The quantitative estimate of drug-likeness (QED) is 0.842. The summed E-state index contributed by atoms with van der Waals surface area (Å²) in [5.41, 5.74) is -0.111. The number of benzene rings is 1. The number of carboxylic acids is 1. The molecule has 0 saturated carbocycles. The highest BCUT2D eigenvalue weighted by Gasteiger charge is 2.29. The van der Waals surface area contributed by atoms with Crippen molar-refractivity contribution in [1.29, 1.82) is 0 Å². The van der Waals surface area contributed by atoms with E-state index in [4.69, 9.17) is 5.11 Å². The van der Waals surface area contributed by atoms with Crippen molar-refractivity contribution < 1.29 is 15.0 Å². The Morgan fingerprint density at radius 1 is 1.41 bits per heavy atom. The number of aromatic nitrogens is 1. The van der Waals surface area contributed by atoms with Crippen LogP contribution < -0.4 is 0 Å². The molecule has 2 aromatic rings. The van der Waals surface area contributed by atoms with Crippen LogP contribution in [0.2, 0.25) is 0 Å². The van der Waals surface area contributed by atoms with E-state index in [0.29, 0.717) is 0 Å². The molecule has 88 valence electrons. The van der Waals surface area contributed by atoms with Crippen LogP contribution in [0.5, 0.6) is 0 Å². The van der Waals surface area contributed by atoms with E-state index in [1.807, 2.05) is 24.3 Å². The fourth-order valence-electron chi connectivity index (χ4n) is 1.71. The van der Waals surface area contributed by atoms with E-state index in [1.165, 1.54) is 6.92 Å². The highest BCUT2D eigenvalue weighted by Crippen LogP contribution is 2.18. The van der Waals surface area contributed by atoms with E-state index in [0.717, 1.165) is 16.5 Å². The fraction of sp³-hybridized carbons (Fsp3) is 0.231. The minimum Gasteiger partial charge on any atom is -0.479 e. The molecule has 1 heterocycles. The van der Waals surface area contributed by atoms with E-state index in [-0.39, 0.29) is 6.42 Å². The van der Waals surface area contributed by atoms with Gasteiger partial charge in [0.15, 0.2) is 5.60 Å². The Kier molecular flexibility index (Phi) is 2.81. The molecule has 1 unspecified atom stereocenters. The SMILES string of the molecule is CC(O)(Cc1ccc2ncccc2c1)C(=O)O. The number of aliphatic hydroxyl groups is 1. The summed E-state index contributed by atoms with van der Waals surface area (Å²) in [4.78, 5) is 15.0. The van der Waals surface area contributed by atoms with Crippen molar-refractivity contribution in [2.24, 2.45) is 0 Å². The normalized spacial score (nSPS) is 14.5. The van der Waals surface area contributed by atoms with Gasteiger partial charge in [-0.1, -0.05) is 12.1 Å². The first-order chi connectivity index (χ1) is 7.99. The lowest BCUT2D eigenvalue weighted by Gasteiger charge is -2.17. The van der Waals surface area contributed by atoms with Gasteiger partial charge in [0.05, 0.1) is 5.52 Å². The zero-order valence-corrected chi connectivity index (χ0v) is 9.42. The van der Waals surface area contributed by atoms with Crippen LogP contribution in [0, 0.1) is 0 Å². The van der Waals surface area contributed by atoms with Crippen LogP contribution in [-0.4, -0.2) is 26.8 Å². The van der Waals surface area contributed by atoms with Crippen LogP contribution in [-0.2, 0) is 11.2 Å². The second kappa shape index (κ2) is 4.14. The van der Waals surface area contributed by atoms with Crippen LogP contribution in [0.15, 0.2) is 36.5 Å². The van der Waals surface area contributed by atoms with E-state index >= 15 is 0 Å². The summed E-state index contributed by atoms with van der Waals surface area (Å²) in [6.07, 6.45) is 1.78. The largest absolute Gasteiger partial charge is 0.479 e. The van der Waals surface area contributed by atoms with Gasteiger partial charge in [-0.05, 0) is 30.7 Å². The molecule has 1 atom stereocenters. The molecule has 0 amide bonds. The summed E-state index contributed by atoms with van der Waals surface area (Å²) in [7, 11) is 0. The average Bonchev–Trinajstić information content (AvgIpc) is 2.28. The molecule has 2 N–H and O–H groups in total. The maximum atomic E-state index is 10.8. The van der Waals surface area contributed by atoms with Gasteiger partial charge in [0.2, 0.25) is 0 Å². The van der Waals surface area contributed by atoms with Gasteiger partial charge in [-0.25, -0.2) is 4.79 Å². The lowest BCUT2D eigenvalue weighted by molar-refractivity contribution is -0.156. The molecular formula is C13H13NO3. The topological polar surface area (TPSA) is 70.4 Å². The van der Waals surface area contributed by atoms with Crippen molar-refractivity contribution in [2.45, 2.75) is 18.9 Å². The van der Waals surface area contributed by atoms with Crippen LogP contribution in [0.25, 0.3) is 10.9 Å². The predicted octanol–water partition coefficient (Wildman–Crippen LogP) is 1.61. The average molecular weight is 231 g/mol. The second-order valence-corrected chi connectivity index (χ2v) is 4.29. The first-order valence-corrected chi connectivity index (χ1v) is 5.28. The summed E-state index contributed by atoms with van der Waals surface area (Å²) in [6, 6.07) is 9.18. The third-order valence-electron chi connectivity index (χ3n) is 2.68. The third kappa shape index (κ3) is 2.42. The van der Waals surface area contributed by atoms with Crippen molar-refractivity contribution >= 4 is 16.9 Å². The molecule has 0 radical (unpaired) electrons. The van der Waals surface area contributed by atoms with Crippen molar-refractivity contribution in [3.63, 3.8) is 0 Å². The molecule has 4 nitrogen and oxygen atoms in total. The highest BCUT2D eigenvalue weighted by atomic mass is 16.4. The number of pyridine rings is 1. The molecule has 0 aliphatic carbocycles. The molecule has 4 heteroatoms. The molecule has 0 saturated heterocycles. The Morgan fingerprint density at radius 3 is 2.88 bits per heavy atom. The molecule has 2 rings (SSSR count). The van der Waals surface area contributed by atoms with Gasteiger partial charge in [-0.3, -0.25) is 4.98 Å². The first-order valence-electron chi connectivity index (χ1n) is 5.28. The summed E-state index contributed by atoms with van der Waals surface area (Å²) >= 11 is 0. The van der Waals surface area contributed by atoms with Crippen LogP contribution in [0.1, 0.15) is 12.5 Å². The van der Waals surface area contributed by atoms with Gasteiger partial charge in [0.25, 0.3) is 0 Å². The second-order valence-electron chi connectivity index (χ2n) is 4.29. The molecule has 0 bridgehead atoms. The minimum absolute atomic E-state index is 0.0766. The lowest BCUT2D eigenvalue weighted by atomic mass is 9.96. The zero-order valence-electron chi connectivity index (χ0n) is 9.42. The standard InChI is InChI=1S/C13H13NO3/c1-13(17,12(15)16)8-9-4-5-11-10(7-9)3-2-6-14-11/h2-7,17H,8H2,1H3,(H,15,16). The number of rotatable bonds is 3. The summed E-state index contributed by atoms with van der Waals surface area (Å²) in [6.45, 7) is 1.29. The molecule has 0 aliphatic rings. The summed E-state index contributed by atoms with van der Waals surface area (Å²) in [5, 5.41) is 19.5. The number of carbonyl (C=O) groups is 1. The van der Waals surface area contributed by atoms with Gasteiger partial charge < -0.3 is 10.2 Å². The number of nitrogens with zero attached hydrogens (tertiary/aromatic N) is 1. The highest BCUT2D eigenvalue weighted by molar-refractivity contribution is 5.80. The molecular weight excluding hydrogens is 218 g/mol. The van der Waals surface area contributed by atoms with Gasteiger partial charge in [-0.2, -0.15) is 0 Å². The van der Waals surface area contributed by atoms with Gasteiger partial charge >= 0.3 is 5.97 Å². The smallest absolute Gasteiger partial charge is 0.335 e. The van der Waals surface area contributed by atoms with Crippen LogP contribution in [0.4, 0.5) is 0 Å². The Balaban J connectivity index is 2.34. The molecule has 1 aromatic heterocycles. The molecule has 0 aliphatic heterocycles. The maximum Gasteiger partial charge on any atom is 0.335 e. The predicted molar refractivity (Wildman–Crippen MR) is 63.7 cm³/mol. The van der Waals surface area contributed by atoms with Crippen molar-refractivity contribution in [3.8, 4) is 0 Å². The van der Waals surface area contributed by atoms with Crippen LogP contribution >= 0.6 is 0 Å². The Bertz CT molecular complexity index is 563. The van der Waals surface area contributed by atoms with Gasteiger partial charge in [-0.15, -0.1) is 0 Å². The maximum absolute atomic E-state index is 10.8. The molecule has 1 aromatic carbocycles. The lowest BCUT2D eigenvalue weighted by Crippen LogP contribution is -2.37. The Morgan fingerprint density at radius 2 is 2.18 bits per heavy atom. The number of carboxylic acid groups (broad SMARTS) is 1. The van der Waals surface area contributed by atoms with E-state index in [2.05, 4.69) is 4.98 Å². The summed E-state index contributed by atoms with van der Waals surface area (Å²) in [5.74, 6) is -1.22. The fourth-order valence-corrected chi connectivity index (χ4v) is 1.71. The van der Waals surface area contributed by atoms with E-state index in [9.17, 15) is 9.90 Å². The van der Waals surface area contributed by atoms with Gasteiger partial charge in [0.1, 0.15) is 0 Å². The van der Waals surface area contributed by atoms with E-state index in [1.54, 1.807) is 12.3 Å². The number of hydrogen-bond acceptors (Lipinski definition) is 3. The van der Waals surface area contributed by atoms with Gasteiger partial charge in [0, 0.05) is 18.0 Å². The monoisotopic (exact) mass is 231 g/mol. The zero-order chi connectivity index (χ0) is 12.5. The number of aliphatic carboxylic acids is 1. The Labute approximate surface area is 98.5 Å². The van der Waals surface area contributed by atoms with Crippen molar-refractivity contribution in [2.75, 3.05) is 0 Å². The molecule has 0 spiro atoms. The molecule has 17 heavy (non-hydrogen) atoms. The number of fused-ring (bicyclic) bond motifs is 1. The summed E-state index contributed by atoms with van der Waals surface area (Å²) < 4.78 is 0. The van der Waals surface area contributed by atoms with E-state index < -0.39 is 11.6 Å². The van der Waals surface area contributed by atoms with Crippen molar-refractivity contribution in [3.05, 3.63) is 42.1 Å². The first kappa shape index (κ1) is 11.5. The minimum atomic E-state index is -1.74. The third-order valence-corrected chi connectivity index (χ3v) is 2.68. The Hall–Kier alpha value is -1.94. The van der Waals surface area contributed by atoms with Crippen molar-refractivity contribution in [1.82, 2.24) is 4.98 Å². The van der Waals surface area contributed by atoms with Crippen LogP contribution in [0.3, 0.4) is 0 Å².